The average Bonchev–Trinajstić information content (AvgIpc) is 2.69. The Bertz CT molecular complexity index is 902. The largest absolute Gasteiger partial charge is 0.352 e. The van der Waals surface area contributed by atoms with Gasteiger partial charge in [0.2, 0.25) is 11.8 Å². The lowest BCUT2D eigenvalue weighted by molar-refractivity contribution is -0.138. The molecule has 0 spiro atoms. The molecule has 0 aromatic heterocycles. The topological polar surface area (TPSA) is 49.4 Å². The number of benzene rings is 2. The monoisotopic (exact) mass is 504 g/mol. The van der Waals surface area contributed by atoms with E-state index in [0.717, 1.165) is 0 Å². The fourth-order valence-electron chi connectivity index (χ4n) is 2.84. The molecule has 0 saturated heterocycles. The number of nitrogens with one attached hydrogen (secondary N) is 1. The predicted octanol–water partition coefficient (Wildman–Crippen LogP) is 5.96. The highest BCUT2D eigenvalue weighted by Crippen LogP contribution is 2.28. The first-order valence-corrected chi connectivity index (χ1v) is 11.9. The van der Waals surface area contributed by atoms with E-state index in [9.17, 15) is 14.0 Å². The molecule has 2 aromatic carbocycles. The number of carbonyl (C=O) groups is 2. The van der Waals surface area contributed by atoms with E-state index < -0.39 is 11.9 Å². The third-order valence-electron chi connectivity index (χ3n) is 4.52. The molecule has 2 amide bonds. The Hall–Kier alpha value is -1.47. The van der Waals surface area contributed by atoms with Crippen LogP contribution in [0.15, 0.2) is 36.4 Å². The van der Waals surface area contributed by atoms with Crippen molar-refractivity contribution in [3.8, 4) is 0 Å². The van der Waals surface area contributed by atoms with Gasteiger partial charge in [-0.2, -0.15) is 0 Å². The Morgan fingerprint density at radius 2 is 1.55 bits per heavy atom. The minimum atomic E-state index is -0.750. The van der Waals surface area contributed by atoms with E-state index in [4.69, 9.17) is 34.8 Å². The van der Waals surface area contributed by atoms with Gasteiger partial charge in [-0.3, -0.25) is 9.59 Å². The molecule has 0 bridgehead atoms. The Kier molecular flexibility index (Phi) is 9.94. The number of amides is 2. The number of hydrogen-bond donors (Lipinski definition) is 1. The second kappa shape index (κ2) is 12.0. The Balaban J connectivity index is 2.18. The van der Waals surface area contributed by atoms with Gasteiger partial charge in [0.05, 0.1) is 5.75 Å². The van der Waals surface area contributed by atoms with Crippen molar-refractivity contribution in [3.05, 3.63) is 68.4 Å². The van der Waals surface area contributed by atoms with Crippen LogP contribution in [0.1, 0.15) is 31.9 Å². The number of thioether (sulfide) groups is 1. The third-order valence-corrected chi connectivity index (χ3v) is 6.53. The van der Waals surface area contributed by atoms with Gasteiger partial charge in [0, 0.05) is 44.5 Å². The number of carbonyl (C=O) groups excluding carboxylic acids is 2. The predicted molar refractivity (Wildman–Crippen MR) is 127 cm³/mol. The fourth-order valence-corrected chi connectivity index (χ4v) is 4.60. The quantitative estimate of drug-likeness (QED) is 0.457. The molecule has 1 unspecified atom stereocenters. The Labute approximate surface area is 201 Å². The van der Waals surface area contributed by atoms with E-state index in [-0.39, 0.29) is 35.9 Å². The molecule has 0 heterocycles. The van der Waals surface area contributed by atoms with Crippen molar-refractivity contribution in [2.24, 2.45) is 0 Å². The zero-order valence-electron chi connectivity index (χ0n) is 17.4. The van der Waals surface area contributed by atoms with Crippen molar-refractivity contribution in [1.82, 2.24) is 10.2 Å². The second-order valence-corrected chi connectivity index (χ2v) is 9.46. The van der Waals surface area contributed by atoms with Crippen LogP contribution in [0, 0.1) is 5.82 Å². The summed E-state index contributed by atoms with van der Waals surface area (Å²) in [5, 5.41) is 3.95. The van der Waals surface area contributed by atoms with Crippen LogP contribution < -0.4 is 5.32 Å². The van der Waals surface area contributed by atoms with Gasteiger partial charge in [0.15, 0.2) is 0 Å². The number of halogens is 4. The van der Waals surface area contributed by atoms with Crippen LogP contribution in [0.2, 0.25) is 15.1 Å². The number of hydrogen-bond acceptors (Lipinski definition) is 3. The summed E-state index contributed by atoms with van der Waals surface area (Å²) < 4.78 is 14.0. The van der Waals surface area contributed by atoms with Crippen molar-refractivity contribution >= 4 is 58.4 Å². The maximum absolute atomic E-state index is 14.0. The van der Waals surface area contributed by atoms with E-state index in [0.29, 0.717) is 26.2 Å². The molecule has 4 nitrogen and oxygen atoms in total. The number of rotatable bonds is 9. The molecule has 9 heteroatoms. The van der Waals surface area contributed by atoms with Gasteiger partial charge >= 0.3 is 0 Å². The molecule has 2 aromatic rings. The van der Waals surface area contributed by atoms with E-state index in [1.165, 1.54) is 28.8 Å². The van der Waals surface area contributed by atoms with Crippen LogP contribution in [0.5, 0.6) is 0 Å². The van der Waals surface area contributed by atoms with Gasteiger partial charge in [-0.05, 0) is 45.0 Å². The first kappa shape index (κ1) is 25.8. The summed E-state index contributed by atoms with van der Waals surface area (Å²) in [6.07, 6.45) is 0. The third kappa shape index (κ3) is 7.28. The molecule has 0 fully saturated rings. The maximum atomic E-state index is 14.0. The zero-order valence-corrected chi connectivity index (χ0v) is 20.5. The van der Waals surface area contributed by atoms with Crippen molar-refractivity contribution in [2.75, 3.05) is 5.75 Å². The molecule has 1 N–H and O–H groups in total. The summed E-state index contributed by atoms with van der Waals surface area (Å²) in [4.78, 5) is 27.1. The molecule has 168 valence electrons. The van der Waals surface area contributed by atoms with Crippen LogP contribution >= 0.6 is 46.6 Å². The van der Waals surface area contributed by atoms with Crippen LogP contribution in [0.4, 0.5) is 4.39 Å². The first-order valence-electron chi connectivity index (χ1n) is 9.65. The van der Waals surface area contributed by atoms with Crippen LogP contribution in [-0.2, 0) is 21.9 Å². The molecule has 0 radical (unpaired) electrons. The smallest absolute Gasteiger partial charge is 0.242 e. The average molecular weight is 506 g/mol. The second-order valence-electron chi connectivity index (χ2n) is 7.25. The highest BCUT2D eigenvalue weighted by Gasteiger charge is 2.27. The molecule has 1 atom stereocenters. The molecule has 0 saturated carbocycles. The molecule has 0 aliphatic carbocycles. The molecule has 2 rings (SSSR count). The first-order chi connectivity index (χ1) is 14.6. The summed E-state index contributed by atoms with van der Waals surface area (Å²) in [6.45, 7) is 5.41. The van der Waals surface area contributed by atoms with Crippen LogP contribution in [0.25, 0.3) is 0 Å². The van der Waals surface area contributed by atoms with E-state index >= 15 is 0 Å². The standard InChI is InChI=1S/C22H24Cl3FN2O2S/c1-13(2)27-22(30)14(3)28(10-15-17(23)6-4-7-18(15)24)21(29)12-31-11-16-19(25)8-5-9-20(16)26/h4-9,13-14H,10-12H2,1-3H3,(H,27,30). The lowest BCUT2D eigenvalue weighted by Crippen LogP contribution is -2.49. The summed E-state index contributed by atoms with van der Waals surface area (Å²) in [7, 11) is 0. The fraction of sp³-hybridized carbons (Fsp3) is 0.364. The Morgan fingerprint density at radius 3 is 2.10 bits per heavy atom. The van der Waals surface area contributed by atoms with E-state index in [1.807, 2.05) is 13.8 Å². The summed E-state index contributed by atoms with van der Waals surface area (Å²) in [5.74, 6) is -0.735. The van der Waals surface area contributed by atoms with Crippen molar-refractivity contribution in [2.45, 2.75) is 45.2 Å². The zero-order chi connectivity index (χ0) is 23.1. The van der Waals surface area contributed by atoms with E-state index in [1.54, 1.807) is 31.2 Å². The van der Waals surface area contributed by atoms with Gasteiger partial charge in [0.25, 0.3) is 0 Å². The van der Waals surface area contributed by atoms with Gasteiger partial charge < -0.3 is 10.2 Å². The summed E-state index contributed by atoms with van der Waals surface area (Å²) in [6, 6.07) is 8.70. The van der Waals surface area contributed by atoms with Crippen molar-refractivity contribution in [1.29, 1.82) is 0 Å². The summed E-state index contributed by atoms with van der Waals surface area (Å²) >= 11 is 19.8. The van der Waals surface area contributed by atoms with Crippen LogP contribution in [-0.4, -0.2) is 34.6 Å². The lowest BCUT2D eigenvalue weighted by atomic mass is 10.1. The van der Waals surface area contributed by atoms with Gasteiger partial charge in [-0.1, -0.05) is 46.9 Å². The van der Waals surface area contributed by atoms with Gasteiger partial charge in [0.1, 0.15) is 11.9 Å². The highest BCUT2D eigenvalue weighted by atomic mass is 35.5. The molecular formula is C22H24Cl3FN2O2S. The van der Waals surface area contributed by atoms with Gasteiger partial charge in [-0.25, -0.2) is 4.39 Å². The maximum Gasteiger partial charge on any atom is 0.242 e. The lowest BCUT2D eigenvalue weighted by Gasteiger charge is -2.30. The van der Waals surface area contributed by atoms with Gasteiger partial charge in [-0.15, -0.1) is 11.8 Å². The minimum absolute atomic E-state index is 0.0338. The minimum Gasteiger partial charge on any atom is -0.352 e. The highest BCUT2D eigenvalue weighted by molar-refractivity contribution is 7.99. The Morgan fingerprint density at radius 1 is 1.00 bits per heavy atom. The summed E-state index contributed by atoms with van der Waals surface area (Å²) in [5.41, 5.74) is 0.902. The number of nitrogens with zero attached hydrogens (tertiary/aromatic N) is 1. The molecular weight excluding hydrogens is 482 g/mol. The van der Waals surface area contributed by atoms with Crippen LogP contribution in [0.3, 0.4) is 0 Å². The van der Waals surface area contributed by atoms with Crippen molar-refractivity contribution < 1.29 is 14.0 Å². The SMILES string of the molecule is CC(C)NC(=O)C(C)N(Cc1c(Cl)cccc1Cl)C(=O)CSCc1c(F)cccc1Cl. The normalized spacial score (nSPS) is 12.0. The molecule has 31 heavy (non-hydrogen) atoms. The molecule has 0 aliphatic heterocycles. The molecule has 0 aliphatic rings. The van der Waals surface area contributed by atoms with Crippen molar-refractivity contribution in [3.63, 3.8) is 0 Å². The van der Waals surface area contributed by atoms with E-state index in [2.05, 4.69) is 5.32 Å².